The van der Waals surface area contributed by atoms with E-state index in [9.17, 15) is 9.59 Å². The summed E-state index contributed by atoms with van der Waals surface area (Å²) in [5.41, 5.74) is 6.53. The average Bonchev–Trinajstić information content (AvgIpc) is 2.92. The van der Waals surface area contributed by atoms with Gasteiger partial charge in [0.05, 0.1) is 5.57 Å². The summed E-state index contributed by atoms with van der Waals surface area (Å²) in [7, 11) is 0. The molecule has 2 heterocycles. The van der Waals surface area contributed by atoms with E-state index in [1.807, 2.05) is 18.2 Å². The van der Waals surface area contributed by atoms with Gasteiger partial charge in [0.25, 0.3) is 0 Å². The van der Waals surface area contributed by atoms with Crippen LogP contribution in [-0.2, 0) is 10.8 Å². The van der Waals surface area contributed by atoms with Gasteiger partial charge in [0, 0.05) is 29.9 Å². The molecule has 3 aliphatic rings. The molecule has 3 nitrogen and oxygen atoms in total. The van der Waals surface area contributed by atoms with Gasteiger partial charge in [-0.3, -0.25) is 9.59 Å². The molecular formula is C26H27NO2. The van der Waals surface area contributed by atoms with Gasteiger partial charge >= 0.3 is 0 Å². The molecule has 2 aromatic carbocycles. The Labute approximate surface area is 172 Å². The fourth-order valence-corrected chi connectivity index (χ4v) is 5.12. The number of hydrogen-bond donors (Lipinski definition) is 0. The molecule has 29 heavy (non-hydrogen) atoms. The van der Waals surface area contributed by atoms with E-state index < -0.39 is 0 Å². The zero-order valence-corrected chi connectivity index (χ0v) is 17.6. The Kier molecular flexibility index (Phi) is 3.74. The van der Waals surface area contributed by atoms with Crippen LogP contribution in [0, 0.1) is 0 Å². The second-order valence-corrected chi connectivity index (χ2v) is 9.98. The van der Waals surface area contributed by atoms with E-state index >= 15 is 0 Å². The summed E-state index contributed by atoms with van der Waals surface area (Å²) in [4.78, 5) is 28.3. The van der Waals surface area contributed by atoms with Crippen molar-refractivity contribution in [3.05, 3.63) is 69.8 Å². The highest BCUT2D eigenvalue weighted by atomic mass is 16.2. The highest BCUT2D eigenvalue weighted by Crippen LogP contribution is 2.49. The second kappa shape index (κ2) is 5.91. The molecule has 0 saturated heterocycles. The summed E-state index contributed by atoms with van der Waals surface area (Å²) in [6, 6.07) is 11.5. The minimum atomic E-state index is -0.155. The fourth-order valence-electron chi connectivity index (χ4n) is 5.12. The van der Waals surface area contributed by atoms with Crippen LogP contribution in [0.4, 0.5) is 5.69 Å². The van der Waals surface area contributed by atoms with Gasteiger partial charge in [-0.1, -0.05) is 52.0 Å². The smallest absolute Gasteiger partial charge is 0.197 e. The van der Waals surface area contributed by atoms with Crippen LogP contribution in [0.3, 0.4) is 0 Å². The lowest BCUT2D eigenvalue weighted by Gasteiger charge is -2.48. The van der Waals surface area contributed by atoms with Crippen LogP contribution in [0.2, 0.25) is 0 Å². The van der Waals surface area contributed by atoms with Crippen molar-refractivity contribution in [1.29, 1.82) is 0 Å². The zero-order valence-electron chi connectivity index (χ0n) is 17.6. The first kappa shape index (κ1) is 18.4. The van der Waals surface area contributed by atoms with Crippen molar-refractivity contribution in [2.45, 2.75) is 51.4 Å². The Morgan fingerprint density at radius 2 is 1.31 bits per heavy atom. The highest BCUT2D eigenvalue weighted by molar-refractivity contribution is 6.41. The van der Waals surface area contributed by atoms with Crippen molar-refractivity contribution in [3.8, 4) is 0 Å². The predicted octanol–water partition coefficient (Wildman–Crippen LogP) is 5.32. The van der Waals surface area contributed by atoms with Gasteiger partial charge in [-0.05, 0) is 58.6 Å². The third kappa shape index (κ3) is 2.63. The van der Waals surface area contributed by atoms with Gasteiger partial charge < -0.3 is 4.90 Å². The molecule has 0 saturated carbocycles. The third-order valence-corrected chi connectivity index (χ3v) is 7.14. The molecule has 148 valence electrons. The number of carbonyl (C=O) groups excluding carboxylic acids is 2. The molecule has 2 aliphatic heterocycles. The summed E-state index contributed by atoms with van der Waals surface area (Å²) in [5.74, 6) is -0.311. The Bertz CT molecular complexity index is 1030. The minimum Gasteiger partial charge on any atom is -0.371 e. The molecule has 1 aliphatic carbocycles. The van der Waals surface area contributed by atoms with Gasteiger partial charge in [0.1, 0.15) is 0 Å². The normalized spacial score (nSPS) is 21.1. The lowest BCUT2D eigenvalue weighted by molar-refractivity contribution is 0.0990. The molecule has 0 amide bonds. The first-order valence-electron chi connectivity index (χ1n) is 10.5. The number of allylic oxidation sites excluding steroid dienone is 1. The van der Waals surface area contributed by atoms with Crippen molar-refractivity contribution in [3.63, 3.8) is 0 Å². The summed E-state index contributed by atoms with van der Waals surface area (Å²) >= 11 is 0. The Balaban J connectivity index is 1.70. The average molecular weight is 386 g/mol. The first-order valence-corrected chi connectivity index (χ1v) is 10.5. The number of Topliss-reactive ketones (excluding diaryl/α,β-unsaturated/α-hetero) is 2. The van der Waals surface area contributed by atoms with Gasteiger partial charge in [0.2, 0.25) is 0 Å². The van der Waals surface area contributed by atoms with Crippen molar-refractivity contribution < 1.29 is 9.59 Å². The molecule has 0 radical (unpaired) electrons. The molecule has 0 unspecified atom stereocenters. The molecule has 0 aromatic heterocycles. The van der Waals surface area contributed by atoms with Crippen LogP contribution in [0.15, 0.2) is 42.0 Å². The second-order valence-electron chi connectivity index (χ2n) is 9.98. The van der Waals surface area contributed by atoms with Crippen molar-refractivity contribution in [2.75, 3.05) is 18.0 Å². The van der Waals surface area contributed by atoms with E-state index in [0.29, 0.717) is 11.1 Å². The summed E-state index contributed by atoms with van der Waals surface area (Å²) in [6.45, 7) is 11.4. The molecule has 2 aromatic rings. The van der Waals surface area contributed by atoms with Crippen LogP contribution in [-0.4, -0.2) is 24.7 Å². The standard InChI is InChI=1S/C26H27NO2/c1-25(2)9-11-27-12-10-26(3,4)21-15-16(14-20(25)22(21)27)13-19-23(28)17-7-5-6-8-18(17)24(19)29/h5-8,13-15H,9-12H2,1-4H3. The van der Waals surface area contributed by atoms with E-state index in [1.54, 1.807) is 12.1 Å². The lowest BCUT2D eigenvalue weighted by Crippen LogP contribution is -2.44. The summed E-state index contributed by atoms with van der Waals surface area (Å²) < 4.78 is 0. The van der Waals surface area contributed by atoms with Gasteiger partial charge in [-0.15, -0.1) is 0 Å². The number of anilines is 1. The van der Waals surface area contributed by atoms with Crippen molar-refractivity contribution in [1.82, 2.24) is 0 Å². The molecule has 0 spiro atoms. The summed E-state index contributed by atoms with van der Waals surface area (Å²) in [6.07, 6.45) is 4.05. The number of fused-ring (bicyclic) bond motifs is 1. The van der Waals surface area contributed by atoms with Crippen LogP contribution in [0.25, 0.3) is 6.08 Å². The van der Waals surface area contributed by atoms with Crippen LogP contribution in [0.1, 0.15) is 77.9 Å². The number of ketones is 2. The Hall–Kier alpha value is -2.68. The number of nitrogens with zero attached hydrogens (tertiary/aromatic N) is 1. The maximum Gasteiger partial charge on any atom is 0.197 e. The first-order chi connectivity index (χ1) is 13.7. The largest absolute Gasteiger partial charge is 0.371 e. The number of carbonyl (C=O) groups is 2. The van der Waals surface area contributed by atoms with E-state index in [0.717, 1.165) is 31.5 Å². The topological polar surface area (TPSA) is 37.4 Å². The van der Waals surface area contributed by atoms with Crippen LogP contribution >= 0.6 is 0 Å². The molecule has 5 rings (SSSR count). The third-order valence-electron chi connectivity index (χ3n) is 7.14. The maximum absolute atomic E-state index is 12.9. The number of hydrogen-bond acceptors (Lipinski definition) is 3. The van der Waals surface area contributed by atoms with Crippen LogP contribution < -0.4 is 4.90 Å². The Morgan fingerprint density at radius 1 is 0.828 bits per heavy atom. The lowest BCUT2D eigenvalue weighted by atomic mass is 9.69. The maximum atomic E-state index is 12.9. The van der Waals surface area contributed by atoms with Gasteiger partial charge in [-0.2, -0.15) is 0 Å². The van der Waals surface area contributed by atoms with E-state index in [1.165, 1.54) is 16.8 Å². The number of benzene rings is 2. The van der Waals surface area contributed by atoms with E-state index in [4.69, 9.17) is 0 Å². The zero-order chi connectivity index (χ0) is 20.6. The predicted molar refractivity (Wildman–Crippen MR) is 117 cm³/mol. The Morgan fingerprint density at radius 3 is 1.79 bits per heavy atom. The van der Waals surface area contributed by atoms with Gasteiger partial charge in [0.15, 0.2) is 11.6 Å². The fraction of sp³-hybridized carbons (Fsp3) is 0.385. The quantitative estimate of drug-likeness (QED) is 0.493. The highest BCUT2D eigenvalue weighted by Gasteiger charge is 2.40. The van der Waals surface area contributed by atoms with Gasteiger partial charge in [-0.25, -0.2) is 0 Å². The SMILES string of the molecule is CC1(C)CCN2CCC(C)(C)c3cc(C=C4C(=O)c5ccccc5C4=O)cc1c32. The summed E-state index contributed by atoms with van der Waals surface area (Å²) in [5, 5.41) is 0. The molecule has 0 fully saturated rings. The molecule has 0 N–H and O–H groups in total. The van der Waals surface area contributed by atoms with Crippen molar-refractivity contribution >= 4 is 23.3 Å². The molecule has 0 bridgehead atoms. The van der Waals surface area contributed by atoms with E-state index in [2.05, 4.69) is 44.7 Å². The van der Waals surface area contributed by atoms with E-state index in [-0.39, 0.29) is 28.0 Å². The minimum absolute atomic E-state index is 0.0785. The van der Waals surface area contributed by atoms with Crippen molar-refractivity contribution in [2.24, 2.45) is 0 Å². The number of rotatable bonds is 1. The monoisotopic (exact) mass is 385 g/mol. The van der Waals surface area contributed by atoms with Crippen LogP contribution in [0.5, 0.6) is 0 Å². The molecular weight excluding hydrogens is 358 g/mol. The molecule has 3 heteroatoms. The molecule has 0 atom stereocenters.